The quantitative estimate of drug-likeness (QED) is 0.476. The van der Waals surface area contributed by atoms with E-state index < -0.39 is 0 Å². The lowest BCUT2D eigenvalue weighted by molar-refractivity contribution is -0.137. The number of ether oxygens (including phenoxy) is 2. The van der Waals surface area contributed by atoms with Crippen LogP contribution in [0.4, 0.5) is 0 Å². The van der Waals surface area contributed by atoms with Gasteiger partial charge < -0.3 is 9.47 Å². The molecule has 0 atom stereocenters. The summed E-state index contributed by atoms with van der Waals surface area (Å²) < 4.78 is 9.96. The first-order valence-electron chi connectivity index (χ1n) is 5.29. The highest BCUT2D eigenvalue weighted by molar-refractivity contribution is 9.09. The summed E-state index contributed by atoms with van der Waals surface area (Å²) in [5, 5.41) is 0.595. The molecule has 3 nitrogen and oxygen atoms in total. The third-order valence-electron chi connectivity index (χ3n) is 2.18. The van der Waals surface area contributed by atoms with E-state index in [1.165, 1.54) is 6.08 Å². The van der Waals surface area contributed by atoms with Crippen LogP contribution in [0, 0.1) is 0 Å². The SMILES string of the molecule is CCOC(=O)/C=C(\CBr)c1ccc(OC)cc1. The lowest BCUT2D eigenvalue weighted by Crippen LogP contribution is -2.01. The fraction of sp³-hybridized carbons (Fsp3) is 0.308. The summed E-state index contributed by atoms with van der Waals surface area (Å²) in [6.07, 6.45) is 1.50. The number of carbonyl (C=O) groups is 1. The zero-order valence-corrected chi connectivity index (χ0v) is 11.5. The molecule has 0 N–H and O–H groups in total. The highest BCUT2D eigenvalue weighted by Gasteiger charge is 2.04. The first-order valence-corrected chi connectivity index (χ1v) is 6.41. The molecule has 0 spiro atoms. The van der Waals surface area contributed by atoms with Gasteiger partial charge in [0.1, 0.15) is 5.75 Å². The van der Waals surface area contributed by atoms with Gasteiger partial charge in [-0.25, -0.2) is 4.79 Å². The summed E-state index contributed by atoms with van der Waals surface area (Å²) in [6, 6.07) is 7.53. The Morgan fingerprint density at radius 2 is 2.00 bits per heavy atom. The molecule has 4 heteroatoms. The molecule has 1 rings (SSSR count). The molecule has 0 radical (unpaired) electrons. The summed E-state index contributed by atoms with van der Waals surface area (Å²) in [5.41, 5.74) is 1.85. The molecule has 17 heavy (non-hydrogen) atoms. The summed E-state index contributed by atoms with van der Waals surface area (Å²) >= 11 is 3.36. The molecule has 0 aliphatic carbocycles. The minimum atomic E-state index is -0.322. The van der Waals surface area contributed by atoms with Gasteiger partial charge in [-0.2, -0.15) is 0 Å². The molecule has 0 saturated carbocycles. The summed E-state index contributed by atoms with van der Waals surface area (Å²) in [5.74, 6) is 0.469. The van der Waals surface area contributed by atoms with Crippen molar-refractivity contribution in [3.63, 3.8) is 0 Å². The van der Waals surface area contributed by atoms with Crippen LogP contribution in [0.3, 0.4) is 0 Å². The molecule has 0 aliphatic rings. The van der Waals surface area contributed by atoms with Gasteiger partial charge in [0.15, 0.2) is 0 Å². The standard InChI is InChI=1S/C13H15BrO3/c1-3-17-13(15)8-11(9-14)10-4-6-12(16-2)7-5-10/h4-8H,3,9H2,1-2H3/b11-8+. The lowest BCUT2D eigenvalue weighted by atomic mass is 10.1. The van der Waals surface area contributed by atoms with Crippen LogP contribution in [0.15, 0.2) is 30.3 Å². The first-order chi connectivity index (χ1) is 8.21. The molecular weight excluding hydrogens is 284 g/mol. The Bertz CT molecular complexity index is 396. The predicted octanol–water partition coefficient (Wildman–Crippen LogP) is 3.04. The second kappa shape index (κ2) is 7.12. The van der Waals surface area contributed by atoms with E-state index >= 15 is 0 Å². The Morgan fingerprint density at radius 3 is 2.47 bits per heavy atom. The molecule has 92 valence electrons. The van der Waals surface area contributed by atoms with Crippen LogP contribution in [0.1, 0.15) is 12.5 Å². The van der Waals surface area contributed by atoms with E-state index in [2.05, 4.69) is 15.9 Å². The lowest BCUT2D eigenvalue weighted by Gasteiger charge is -2.06. The van der Waals surface area contributed by atoms with Gasteiger partial charge in [0, 0.05) is 11.4 Å². The maximum Gasteiger partial charge on any atom is 0.331 e. The van der Waals surface area contributed by atoms with Gasteiger partial charge in [-0.15, -0.1) is 0 Å². The number of halogens is 1. The maximum absolute atomic E-state index is 11.4. The van der Waals surface area contributed by atoms with E-state index in [0.29, 0.717) is 11.9 Å². The molecule has 0 bridgehead atoms. The molecular formula is C13H15BrO3. The van der Waals surface area contributed by atoms with E-state index in [1.807, 2.05) is 24.3 Å². The fourth-order valence-corrected chi connectivity index (χ4v) is 1.82. The number of carbonyl (C=O) groups excluding carboxylic acids is 1. The van der Waals surface area contributed by atoms with Crippen LogP contribution in [0.25, 0.3) is 5.57 Å². The van der Waals surface area contributed by atoms with Crippen LogP contribution in [-0.2, 0) is 9.53 Å². The normalized spacial score (nSPS) is 11.1. The number of hydrogen-bond acceptors (Lipinski definition) is 3. The summed E-state index contributed by atoms with van der Waals surface area (Å²) in [6.45, 7) is 2.17. The smallest absolute Gasteiger partial charge is 0.331 e. The van der Waals surface area contributed by atoms with Crippen molar-refractivity contribution in [3.05, 3.63) is 35.9 Å². The van der Waals surface area contributed by atoms with Gasteiger partial charge >= 0.3 is 5.97 Å². The van der Waals surface area contributed by atoms with E-state index in [-0.39, 0.29) is 5.97 Å². The summed E-state index contributed by atoms with van der Waals surface area (Å²) in [7, 11) is 1.62. The molecule has 1 aromatic carbocycles. The van der Waals surface area contributed by atoms with Crippen LogP contribution in [-0.4, -0.2) is 25.0 Å². The van der Waals surface area contributed by atoms with E-state index in [9.17, 15) is 4.79 Å². The van der Waals surface area contributed by atoms with Crippen LogP contribution in [0.5, 0.6) is 5.75 Å². The van der Waals surface area contributed by atoms with Crippen LogP contribution in [0.2, 0.25) is 0 Å². The predicted molar refractivity (Wildman–Crippen MR) is 71.4 cm³/mol. The minimum absolute atomic E-state index is 0.322. The van der Waals surface area contributed by atoms with Crippen molar-refractivity contribution in [1.29, 1.82) is 0 Å². The highest BCUT2D eigenvalue weighted by atomic mass is 79.9. The molecule has 0 unspecified atom stereocenters. The van der Waals surface area contributed by atoms with Gasteiger partial charge in [-0.05, 0) is 30.2 Å². The maximum atomic E-state index is 11.4. The molecule has 0 heterocycles. The van der Waals surface area contributed by atoms with Crippen LogP contribution >= 0.6 is 15.9 Å². The Kier molecular flexibility index (Phi) is 5.77. The summed E-state index contributed by atoms with van der Waals surface area (Å²) in [4.78, 5) is 11.4. The molecule has 0 saturated heterocycles. The largest absolute Gasteiger partial charge is 0.497 e. The third kappa shape index (κ3) is 4.23. The number of allylic oxidation sites excluding steroid dienone is 1. The number of esters is 1. The molecule has 0 fully saturated rings. The third-order valence-corrected chi connectivity index (χ3v) is 2.79. The topological polar surface area (TPSA) is 35.5 Å². The highest BCUT2D eigenvalue weighted by Crippen LogP contribution is 2.20. The Hall–Kier alpha value is -1.29. The zero-order valence-electron chi connectivity index (χ0n) is 9.90. The van der Waals surface area contributed by atoms with Gasteiger partial charge in [0.05, 0.1) is 13.7 Å². The van der Waals surface area contributed by atoms with Crippen molar-refractivity contribution < 1.29 is 14.3 Å². The minimum Gasteiger partial charge on any atom is -0.497 e. The molecule has 1 aromatic rings. The number of hydrogen-bond donors (Lipinski definition) is 0. The Balaban J connectivity index is 2.89. The van der Waals surface area contributed by atoms with Crippen molar-refractivity contribution in [2.75, 3.05) is 19.0 Å². The van der Waals surface area contributed by atoms with E-state index in [0.717, 1.165) is 16.9 Å². The number of benzene rings is 1. The number of methoxy groups -OCH3 is 1. The van der Waals surface area contributed by atoms with Crippen molar-refractivity contribution in [3.8, 4) is 5.75 Å². The van der Waals surface area contributed by atoms with Crippen molar-refractivity contribution in [1.82, 2.24) is 0 Å². The van der Waals surface area contributed by atoms with E-state index in [1.54, 1.807) is 14.0 Å². The second-order valence-electron chi connectivity index (χ2n) is 3.28. The molecule has 0 aliphatic heterocycles. The fourth-order valence-electron chi connectivity index (χ4n) is 1.33. The molecule has 0 amide bonds. The van der Waals surface area contributed by atoms with Crippen molar-refractivity contribution >= 4 is 27.5 Å². The Labute approximate surface area is 110 Å². The van der Waals surface area contributed by atoms with Gasteiger partial charge in [-0.1, -0.05) is 28.1 Å². The first kappa shape index (κ1) is 13.8. The van der Waals surface area contributed by atoms with Crippen molar-refractivity contribution in [2.24, 2.45) is 0 Å². The van der Waals surface area contributed by atoms with Gasteiger partial charge in [0.25, 0.3) is 0 Å². The zero-order chi connectivity index (χ0) is 12.7. The van der Waals surface area contributed by atoms with Crippen LogP contribution < -0.4 is 4.74 Å². The van der Waals surface area contributed by atoms with Gasteiger partial charge in [0.2, 0.25) is 0 Å². The van der Waals surface area contributed by atoms with Gasteiger partial charge in [-0.3, -0.25) is 0 Å². The number of rotatable bonds is 5. The average Bonchev–Trinajstić information content (AvgIpc) is 2.36. The second-order valence-corrected chi connectivity index (χ2v) is 3.84. The molecule has 0 aromatic heterocycles. The average molecular weight is 299 g/mol. The monoisotopic (exact) mass is 298 g/mol. The Morgan fingerprint density at radius 1 is 1.35 bits per heavy atom. The van der Waals surface area contributed by atoms with E-state index in [4.69, 9.17) is 9.47 Å². The number of alkyl halides is 1. The van der Waals surface area contributed by atoms with Crippen molar-refractivity contribution in [2.45, 2.75) is 6.92 Å².